The molecule has 0 saturated heterocycles. The van der Waals surface area contributed by atoms with Crippen LogP contribution in [0.2, 0.25) is 0 Å². The fourth-order valence-electron chi connectivity index (χ4n) is 2.71. The number of rotatable bonds is 11. The molecular formula is C25H24FNO5. The Hall–Kier alpha value is -3.87. The number of ether oxygens (including phenoxy) is 4. The van der Waals surface area contributed by atoms with Gasteiger partial charge in [-0.15, -0.1) is 0 Å². The van der Waals surface area contributed by atoms with E-state index in [0.29, 0.717) is 30.5 Å². The first-order valence-electron chi connectivity index (χ1n) is 10.2. The van der Waals surface area contributed by atoms with Gasteiger partial charge in [0.05, 0.1) is 6.61 Å². The zero-order chi connectivity index (χ0) is 22.6. The molecule has 1 aromatic heterocycles. The number of carbonyl (C=O) groups is 1. The van der Waals surface area contributed by atoms with Gasteiger partial charge in [0.15, 0.2) is 11.5 Å². The van der Waals surface area contributed by atoms with Crippen LogP contribution in [0.1, 0.15) is 18.1 Å². The van der Waals surface area contributed by atoms with E-state index in [4.69, 9.17) is 18.9 Å². The number of carbonyl (C=O) groups excluding carboxylic acids is 1. The van der Waals surface area contributed by atoms with Crippen LogP contribution in [-0.4, -0.2) is 30.8 Å². The number of halogens is 1. The number of esters is 1. The van der Waals surface area contributed by atoms with Crippen molar-refractivity contribution in [1.29, 1.82) is 0 Å². The average Bonchev–Trinajstić information content (AvgIpc) is 2.82. The molecule has 2 aromatic carbocycles. The van der Waals surface area contributed by atoms with Gasteiger partial charge in [-0.3, -0.25) is 4.98 Å². The molecule has 0 radical (unpaired) electrons. The molecule has 32 heavy (non-hydrogen) atoms. The molecule has 0 N–H and O–H groups in total. The third-order valence-corrected chi connectivity index (χ3v) is 4.21. The lowest BCUT2D eigenvalue weighted by Crippen LogP contribution is -2.10. The number of hydrogen-bond donors (Lipinski definition) is 0. The molecule has 0 unspecified atom stereocenters. The van der Waals surface area contributed by atoms with E-state index in [-0.39, 0.29) is 19.0 Å². The van der Waals surface area contributed by atoms with Crippen LogP contribution < -0.4 is 14.2 Å². The van der Waals surface area contributed by atoms with Gasteiger partial charge in [0.25, 0.3) is 0 Å². The van der Waals surface area contributed by atoms with Crippen molar-refractivity contribution in [2.75, 3.05) is 19.8 Å². The largest absolute Gasteiger partial charge is 0.490 e. The van der Waals surface area contributed by atoms with Gasteiger partial charge in [-0.25, -0.2) is 9.18 Å². The smallest absolute Gasteiger partial charge is 0.330 e. The fourth-order valence-corrected chi connectivity index (χ4v) is 2.71. The summed E-state index contributed by atoms with van der Waals surface area (Å²) in [4.78, 5) is 16.0. The molecule has 0 aliphatic carbocycles. The van der Waals surface area contributed by atoms with Gasteiger partial charge < -0.3 is 18.9 Å². The van der Waals surface area contributed by atoms with Crippen LogP contribution in [0.5, 0.6) is 17.2 Å². The topological polar surface area (TPSA) is 66.9 Å². The molecule has 0 bridgehead atoms. The van der Waals surface area contributed by atoms with Crippen LogP contribution >= 0.6 is 0 Å². The van der Waals surface area contributed by atoms with Crippen LogP contribution in [0.25, 0.3) is 6.08 Å². The van der Waals surface area contributed by atoms with Crippen molar-refractivity contribution >= 4 is 12.0 Å². The number of benzene rings is 2. The van der Waals surface area contributed by atoms with Gasteiger partial charge in [0.2, 0.25) is 0 Å². The van der Waals surface area contributed by atoms with E-state index in [1.807, 2.05) is 25.1 Å². The standard InChI is InChI=1S/C25H24FNO5/c1-2-29-24-16-19(5-11-23(24)32-18-20-4-3-13-27-17-20)6-12-25(28)31-15-14-30-22-9-7-21(26)8-10-22/h3-13,16-17H,2,14-15,18H2,1H3. The molecule has 0 spiro atoms. The first-order chi connectivity index (χ1) is 15.6. The predicted molar refractivity (Wildman–Crippen MR) is 118 cm³/mol. The minimum atomic E-state index is -0.498. The maximum atomic E-state index is 12.9. The Labute approximate surface area is 186 Å². The molecule has 6 nitrogen and oxygen atoms in total. The summed E-state index contributed by atoms with van der Waals surface area (Å²) in [6.45, 7) is 2.98. The van der Waals surface area contributed by atoms with Crippen LogP contribution in [-0.2, 0) is 16.1 Å². The lowest BCUT2D eigenvalue weighted by molar-refractivity contribution is -0.138. The molecule has 3 aromatic rings. The van der Waals surface area contributed by atoms with Crippen molar-refractivity contribution < 1.29 is 28.1 Å². The minimum absolute atomic E-state index is 0.0753. The average molecular weight is 437 g/mol. The second-order valence-electron chi connectivity index (χ2n) is 6.59. The third kappa shape index (κ3) is 7.43. The molecule has 166 valence electrons. The Morgan fingerprint density at radius 3 is 2.59 bits per heavy atom. The van der Waals surface area contributed by atoms with Crippen molar-refractivity contribution in [2.45, 2.75) is 13.5 Å². The molecule has 0 aliphatic heterocycles. The lowest BCUT2D eigenvalue weighted by Gasteiger charge is -2.12. The molecule has 0 fully saturated rings. The normalized spacial score (nSPS) is 10.7. The van der Waals surface area contributed by atoms with Crippen molar-refractivity contribution in [3.8, 4) is 17.2 Å². The highest BCUT2D eigenvalue weighted by atomic mass is 19.1. The highest BCUT2D eigenvalue weighted by Gasteiger charge is 2.07. The Morgan fingerprint density at radius 1 is 1.00 bits per heavy atom. The van der Waals surface area contributed by atoms with Crippen LogP contribution in [0.3, 0.4) is 0 Å². The van der Waals surface area contributed by atoms with Crippen molar-refractivity contribution in [2.24, 2.45) is 0 Å². The van der Waals surface area contributed by atoms with E-state index in [2.05, 4.69) is 4.98 Å². The second kappa shape index (κ2) is 12.1. The second-order valence-corrected chi connectivity index (χ2v) is 6.59. The van der Waals surface area contributed by atoms with Gasteiger partial charge in [-0.1, -0.05) is 12.1 Å². The summed E-state index contributed by atoms with van der Waals surface area (Å²) in [6, 6.07) is 14.8. The Morgan fingerprint density at radius 2 is 1.84 bits per heavy atom. The molecule has 0 amide bonds. The monoisotopic (exact) mass is 437 g/mol. The Kier molecular flexibility index (Phi) is 8.62. The predicted octanol–water partition coefficient (Wildman–Crippen LogP) is 4.83. The van der Waals surface area contributed by atoms with Crippen molar-refractivity contribution in [3.05, 3.63) is 90.0 Å². The van der Waals surface area contributed by atoms with Crippen molar-refractivity contribution in [1.82, 2.24) is 4.98 Å². The Balaban J connectivity index is 1.49. The van der Waals surface area contributed by atoms with Gasteiger partial charge in [-0.2, -0.15) is 0 Å². The molecule has 3 rings (SSSR count). The first kappa shape index (κ1) is 22.8. The number of pyridine rings is 1. The van der Waals surface area contributed by atoms with Crippen LogP contribution in [0.15, 0.2) is 73.1 Å². The summed E-state index contributed by atoms with van der Waals surface area (Å²) in [5.74, 6) is 0.859. The molecule has 1 heterocycles. The molecular weight excluding hydrogens is 413 g/mol. The van der Waals surface area contributed by atoms with E-state index in [0.717, 1.165) is 11.1 Å². The summed E-state index contributed by atoms with van der Waals surface area (Å²) in [5, 5.41) is 0. The molecule has 0 atom stereocenters. The highest BCUT2D eigenvalue weighted by molar-refractivity contribution is 5.87. The zero-order valence-corrected chi connectivity index (χ0v) is 17.7. The van der Waals surface area contributed by atoms with Gasteiger partial charge in [-0.05, 0) is 61.0 Å². The van der Waals surface area contributed by atoms with Gasteiger partial charge >= 0.3 is 5.97 Å². The van der Waals surface area contributed by atoms with E-state index in [9.17, 15) is 9.18 Å². The summed E-state index contributed by atoms with van der Waals surface area (Å²) in [5.41, 5.74) is 1.71. The third-order valence-electron chi connectivity index (χ3n) is 4.21. The number of hydrogen-bond acceptors (Lipinski definition) is 6. The highest BCUT2D eigenvalue weighted by Crippen LogP contribution is 2.29. The van der Waals surface area contributed by atoms with Gasteiger partial charge in [0.1, 0.15) is 31.4 Å². The fraction of sp³-hybridized carbons (Fsp3) is 0.200. The van der Waals surface area contributed by atoms with Gasteiger partial charge in [0, 0.05) is 24.0 Å². The molecule has 0 saturated carbocycles. The summed E-state index contributed by atoms with van der Waals surface area (Å²) in [7, 11) is 0. The molecule has 7 heteroatoms. The summed E-state index contributed by atoms with van der Waals surface area (Å²) >= 11 is 0. The quantitative estimate of drug-likeness (QED) is 0.243. The maximum Gasteiger partial charge on any atom is 0.330 e. The van der Waals surface area contributed by atoms with Crippen LogP contribution in [0, 0.1) is 5.82 Å². The lowest BCUT2D eigenvalue weighted by atomic mass is 10.2. The SMILES string of the molecule is CCOc1cc(C=CC(=O)OCCOc2ccc(F)cc2)ccc1OCc1cccnc1. The Bertz CT molecular complexity index is 1020. The van der Waals surface area contributed by atoms with Crippen LogP contribution in [0.4, 0.5) is 4.39 Å². The van der Waals surface area contributed by atoms with E-state index < -0.39 is 5.97 Å². The summed E-state index contributed by atoms with van der Waals surface area (Å²) < 4.78 is 34.9. The zero-order valence-electron chi connectivity index (χ0n) is 17.7. The maximum absolute atomic E-state index is 12.9. The van der Waals surface area contributed by atoms with E-state index in [1.165, 1.54) is 30.3 Å². The van der Waals surface area contributed by atoms with E-state index >= 15 is 0 Å². The number of aromatic nitrogens is 1. The minimum Gasteiger partial charge on any atom is -0.490 e. The number of nitrogens with zero attached hydrogens (tertiary/aromatic N) is 1. The van der Waals surface area contributed by atoms with E-state index in [1.54, 1.807) is 30.6 Å². The molecule has 0 aliphatic rings. The summed E-state index contributed by atoms with van der Waals surface area (Å²) in [6.07, 6.45) is 6.42. The first-order valence-corrected chi connectivity index (χ1v) is 10.2. The van der Waals surface area contributed by atoms with Crippen molar-refractivity contribution in [3.63, 3.8) is 0 Å².